The highest BCUT2D eigenvalue weighted by Crippen LogP contribution is 2.34. The number of hydrogen-bond acceptors (Lipinski definition) is 7. The summed E-state index contributed by atoms with van der Waals surface area (Å²) in [5.41, 5.74) is 2.87. The second-order valence-electron chi connectivity index (χ2n) is 7.48. The summed E-state index contributed by atoms with van der Waals surface area (Å²) >= 11 is 3.20. The Balaban J connectivity index is 1.31. The van der Waals surface area contributed by atoms with Crippen LogP contribution >= 0.6 is 22.7 Å². The molecule has 1 aromatic carbocycles. The Morgan fingerprint density at radius 3 is 2.77 bits per heavy atom. The lowest BCUT2D eigenvalue weighted by Crippen LogP contribution is -2.44. The molecule has 2 aromatic heterocycles. The molecule has 1 aliphatic heterocycles. The van der Waals surface area contributed by atoms with E-state index in [2.05, 4.69) is 15.6 Å². The number of hydrogen-bond donors (Lipinski definition) is 1. The molecular formula is C23H27N3O3S2. The Bertz CT molecular complexity index is 995. The maximum Gasteiger partial charge on any atom is 0.252 e. The van der Waals surface area contributed by atoms with E-state index in [4.69, 9.17) is 14.5 Å². The number of ether oxygens (including phenoxy) is 2. The Labute approximate surface area is 190 Å². The van der Waals surface area contributed by atoms with Gasteiger partial charge < -0.3 is 14.8 Å². The third-order valence-electron chi connectivity index (χ3n) is 5.35. The lowest BCUT2D eigenvalue weighted by molar-refractivity contribution is 0.0909. The topological polar surface area (TPSA) is 63.7 Å². The van der Waals surface area contributed by atoms with Crippen LogP contribution in [0.25, 0.3) is 10.6 Å². The Morgan fingerprint density at radius 2 is 2.06 bits per heavy atom. The number of rotatable bonds is 8. The quantitative estimate of drug-likeness (QED) is 0.532. The van der Waals surface area contributed by atoms with E-state index >= 15 is 0 Å². The van der Waals surface area contributed by atoms with Gasteiger partial charge in [0.2, 0.25) is 0 Å². The number of carbonyl (C=O) groups excluding carboxylic acids is 1. The number of piperidine rings is 1. The number of methoxy groups -OCH3 is 1. The zero-order chi connectivity index (χ0) is 21.6. The first kappa shape index (κ1) is 21.8. The van der Waals surface area contributed by atoms with Crippen LogP contribution in [0.4, 0.5) is 0 Å². The first-order valence-electron chi connectivity index (χ1n) is 10.5. The maximum atomic E-state index is 12.2. The monoisotopic (exact) mass is 457 g/mol. The summed E-state index contributed by atoms with van der Waals surface area (Å²) in [6.07, 6.45) is 1.92. The van der Waals surface area contributed by atoms with Crippen LogP contribution in [0, 0.1) is 0 Å². The van der Waals surface area contributed by atoms with E-state index in [1.807, 2.05) is 41.9 Å². The third-order valence-corrected chi connectivity index (χ3v) is 6.98. The normalized spacial score (nSPS) is 15.0. The number of carbonyl (C=O) groups is 1. The van der Waals surface area contributed by atoms with Gasteiger partial charge in [0, 0.05) is 47.6 Å². The summed E-state index contributed by atoms with van der Waals surface area (Å²) in [6, 6.07) is 8.06. The van der Waals surface area contributed by atoms with E-state index in [0.29, 0.717) is 6.61 Å². The van der Waals surface area contributed by atoms with Gasteiger partial charge >= 0.3 is 0 Å². The van der Waals surface area contributed by atoms with Crippen LogP contribution in [-0.4, -0.2) is 48.6 Å². The molecule has 0 radical (unpaired) electrons. The molecule has 1 saturated heterocycles. The van der Waals surface area contributed by atoms with Crippen molar-refractivity contribution in [2.24, 2.45) is 0 Å². The Hall–Kier alpha value is -2.42. The van der Waals surface area contributed by atoms with Crippen LogP contribution in [-0.2, 0) is 6.54 Å². The van der Waals surface area contributed by atoms with Crippen molar-refractivity contribution < 1.29 is 14.3 Å². The first-order valence-corrected chi connectivity index (χ1v) is 12.3. The van der Waals surface area contributed by atoms with E-state index < -0.39 is 0 Å². The Morgan fingerprint density at radius 1 is 1.23 bits per heavy atom. The van der Waals surface area contributed by atoms with E-state index in [9.17, 15) is 4.79 Å². The van der Waals surface area contributed by atoms with Gasteiger partial charge in [-0.25, -0.2) is 4.98 Å². The van der Waals surface area contributed by atoms with Gasteiger partial charge in [0.1, 0.15) is 5.01 Å². The molecule has 0 saturated carbocycles. The van der Waals surface area contributed by atoms with Gasteiger partial charge in [-0.1, -0.05) is 0 Å². The van der Waals surface area contributed by atoms with Gasteiger partial charge in [0.25, 0.3) is 5.91 Å². The number of nitrogens with one attached hydrogen (secondary N) is 1. The van der Waals surface area contributed by atoms with Crippen molar-refractivity contribution in [3.63, 3.8) is 0 Å². The summed E-state index contributed by atoms with van der Waals surface area (Å²) in [6.45, 7) is 5.30. The van der Waals surface area contributed by atoms with Gasteiger partial charge in [-0.05, 0) is 49.4 Å². The SMILES string of the molecule is CCOc1ccc(-c2nc(CN3CCC(NC(=O)c4ccsc4)CC3)cs2)cc1OC. The van der Waals surface area contributed by atoms with Crippen molar-refractivity contribution in [3.05, 3.63) is 51.7 Å². The molecule has 31 heavy (non-hydrogen) atoms. The summed E-state index contributed by atoms with van der Waals surface area (Å²) in [7, 11) is 1.65. The molecule has 1 fully saturated rings. The lowest BCUT2D eigenvalue weighted by Gasteiger charge is -2.31. The molecule has 0 aliphatic carbocycles. The first-order chi connectivity index (χ1) is 15.2. The number of thiazole rings is 1. The second kappa shape index (κ2) is 10.3. The van der Waals surface area contributed by atoms with E-state index in [0.717, 1.165) is 65.8 Å². The highest BCUT2D eigenvalue weighted by Gasteiger charge is 2.22. The number of nitrogens with zero attached hydrogens (tertiary/aromatic N) is 2. The summed E-state index contributed by atoms with van der Waals surface area (Å²) in [4.78, 5) is 19.5. The van der Waals surface area contributed by atoms with Crippen molar-refractivity contribution in [1.29, 1.82) is 0 Å². The molecule has 4 rings (SSSR count). The van der Waals surface area contributed by atoms with Crippen LogP contribution in [0.15, 0.2) is 40.4 Å². The molecule has 1 aliphatic rings. The smallest absolute Gasteiger partial charge is 0.252 e. The zero-order valence-corrected chi connectivity index (χ0v) is 19.4. The predicted molar refractivity (Wildman–Crippen MR) is 125 cm³/mol. The average Bonchev–Trinajstić information content (AvgIpc) is 3.48. The largest absolute Gasteiger partial charge is 0.493 e. The van der Waals surface area contributed by atoms with Gasteiger partial charge in [0.15, 0.2) is 11.5 Å². The van der Waals surface area contributed by atoms with E-state index in [-0.39, 0.29) is 11.9 Å². The van der Waals surface area contributed by atoms with Crippen molar-refractivity contribution in [3.8, 4) is 22.1 Å². The highest BCUT2D eigenvalue weighted by molar-refractivity contribution is 7.13. The molecular weight excluding hydrogens is 430 g/mol. The molecule has 1 N–H and O–H groups in total. The van der Waals surface area contributed by atoms with Crippen LogP contribution in [0.2, 0.25) is 0 Å². The van der Waals surface area contributed by atoms with Crippen molar-refractivity contribution in [2.75, 3.05) is 26.8 Å². The molecule has 3 aromatic rings. The predicted octanol–water partition coefficient (Wildman–Crippen LogP) is 4.67. The van der Waals surface area contributed by atoms with Gasteiger partial charge in [-0.15, -0.1) is 11.3 Å². The van der Waals surface area contributed by atoms with Gasteiger partial charge in [0.05, 0.1) is 19.4 Å². The number of likely N-dealkylation sites (tertiary alicyclic amines) is 1. The van der Waals surface area contributed by atoms with Crippen molar-refractivity contribution >= 4 is 28.6 Å². The van der Waals surface area contributed by atoms with Crippen LogP contribution < -0.4 is 14.8 Å². The maximum absolute atomic E-state index is 12.2. The number of benzene rings is 1. The highest BCUT2D eigenvalue weighted by atomic mass is 32.1. The lowest BCUT2D eigenvalue weighted by atomic mass is 10.0. The van der Waals surface area contributed by atoms with Crippen molar-refractivity contribution in [1.82, 2.24) is 15.2 Å². The Kier molecular flexibility index (Phi) is 7.21. The second-order valence-corrected chi connectivity index (χ2v) is 9.12. The molecule has 8 heteroatoms. The molecule has 164 valence electrons. The minimum atomic E-state index is 0.0367. The minimum Gasteiger partial charge on any atom is -0.493 e. The number of amides is 1. The fourth-order valence-electron chi connectivity index (χ4n) is 3.71. The van der Waals surface area contributed by atoms with Gasteiger partial charge in [-0.2, -0.15) is 11.3 Å². The average molecular weight is 458 g/mol. The summed E-state index contributed by atoms with van der Waals surface area (Å²) in [5.74, 6) is 1.51. The molecule has 3 heterocycles. The molecule has 0 bridgehead atoms. The molecule has 1 amide bonds. The van der Waals surface area contributed by atoms with Crippen LogP contribution in [0.3, 0.4) is 0 Å². The zero-order valence-electron chi connectivity index (χ0n) is 17.8. The molecule has 0 unspecified atom stereocenters. The molecule has 0 atom stereocenters. The molecule has 6 nitrogen and oxygen atoms in total. The fraction of sp³-hybridized carbons (Fsp3) is 0.391. The molecule has 0 spiro atoms. The van der Waals surface area contributed by atoms with E-state index in [1.165, 1.54) is 0 Å². The fourth-order valence-corrected chi connectivity index (χ4v) is 5.16. The van der Waals surface area contributed by atoms with Gasteiger partial charge in [-0.3, -0.25) is 9.69 Å². The number of thiophene rings is 1. The summed E-state index contributed by atoms with van der Waals surface area (Å²) < 4.78 is 11.1. The van der Waals surface area contributed by atoms with E-state index in [1.54, 1.807) is 29.8 Å². The standard InChI is InChI=1S/C23H27N3O3S2/c1-3-29-20-5-4-16(12-21(20)28-2)23-25-19(15-31-23)13-26-9-6-18(7-10-26)24-22(27)17-8-11-30-14-17/h4-5,8,11-12,14-15,18H,3,6-7,9-10,13H2,1-2H3,(H,24,27). The minimum absolute atomic E-state index is 0.0367. The van der Waals surface area contributed by atoms with Crippen LogP contribution in [0.5, 0.6) is 11.5 Å². The summed E-state index contributed by atoms with van der Waals surface area (Å²) in [5, 5.41) is 10.1. The third kappa shape index (κ3) is 5.44. The van der Waals surface area contributed by atoms with Crippen LogP contribution in [0.1, 0.15) is 35.8 Å². The number of aromatic nitrogens is 1. The van der Waals surface area contributed by atoms with Crippen molar-refractivity contribution in [2.45, 2.75) is 32.4 Å².